The molecule has 2 aromatic carbocycles. The van der Waals surface area contributed by atoms with E-state index in [-0.39, 0.29) is 0 Å². The summed E-state index contributed by atoms with van der Waals surface area (Å²) in [6, 6.07) is 9.56. The molecule has 2 aliphatic rings. The number of rotatable bonds is 2. The normalized spacial score (nSPS) is 17.6. The molecule has 0 saturated carbocycles. The predicted molar refractivity (Wildman–Crippen MR) is 114 cm³/mol. The molecule has 2 heteroatoms. The van der Waals surface area contributed by atoms with Gasteiger partial charge in [0.15, 0.2) is 0 Å². The van der Waals surface area contributed by atoms with Crippen LogP contribution >= 0.6 is 45.2 Å². The quantitative estimate of drug-likeness (QED) is 0.408. The van der Waals surface area contributed by atoms with Crippen LogP contribution in [-0.2, 0) is 31.1 Å². The average molecular weight is 528 g/mol. The molecule has 1 spiro atoms. The number of aryl methyl sites for hydroxylation is 4. The summed E-state index contributed by atoms with van der Waals surface area (Å²) in [5, 5.41) is 0. The van der Waals surface area contributed by atoms with Gasteiger partial charge in [0, 0.05) is 12.6 Å². The van der Waals surface area contributed by atoms with Crippen LogP contribution < -0.4 is 0 Å². The smallest absolute Gasteiger partial charge is 0.0235 e. The van der Waals surface area contributed by atoms with E-state index in [4.69, 9.17) is 0 Å². The first-order valence-corrected chi connectivity index (χ1v) is 10.9. The SMILES string of the molecule is CCc1ccc2c(c1I)C1(CC2)CCc2ccc(CC)c(I)c21. The summed E-state index contributed by atoms with van der Waals surface area (Å²) in [6.45, 7) is 4.57. The molecule has 2 aromatic rings. The van der Waals surface area contributed by atoms with Gasteiger partial charge in [-0.1, -0.05) is 38.1 Å². The average Bonchev–Trinajstić information content (AvgIpc) is 3.12. The Morgan fingerprint density at radius 1 is 0.783 bits per heavy atom. The van der Waals surface area contributed by atoms with Crippen molar-refractivity contribution in [1.29, 1.82) is 0 Å². The van der Waals surface area contributed by atoms with E-state index in [1.807, 2.05) is 0 Å². The Morgan fingerprint density at radius 3 is 1.61 bits per heavy atom. The standard InChI is InChI=1S/C21H22I2/c1-3-13-5-7-15-9-11-21(17(15)19(13)22)12-10-16-8-6-14(4-2)20(23)18(16)21/h5-8H,3-4,9-12H2,1-2H3. The molecule has 0 N–H and O–H groups in total. The first-order chi connectivity index (χ1) is 11.1. The van der Waals surface area contributed by atoms with Crippen LogP contribution in [0.1, 0.15) is 60.1 Å². The molecule has 23 heavy (non-hydrogen) atoms. The van der Waals surface area contributed by atoms with Gasteiger partial charge in [-0.05, 0) is 117 Å². The van der Waals surface area contributed by atoms with Crippen LogP contribution in [0.15, 0.2) is 24.3 Å². The topological polar surface area (TPSA) is 0 Å². The molecule has 0 radical (unpaired) electrons. The number of hydrogen-bond acceptors (Lipinski definition) is 0. The first kappa shape index (κ1) is 16.4. The third-order valence-corrected chi connectivity index (χ3v) is 8.44. The van der Waals surface area contributed by atoms with Gasteiger partial charge in [-0.15, -0.1) is 0 Å². The van der Waals surface area contributed by atoms with Crippen molar-refractivity contribution >= 4 is 45.2 Å². The number of halogens is 2. The van der Waals surface area contributed by atoms with E-state index in [1.165, 1.54) is 36.8 Å². The van der Waals surface area contributed by atoms with Crippen molar-refractivity contribution in [1.82, 2.24) is 0 Å². The monoisotopic (exact) mass is 528 g/mol. The van der Waals surface area contributed by atoms with Gasteiger partial charge >= 0.3 is 0 Å². The fourth-order valence-electron chi connectivity index (χ4n) is 4.76. The van der Waals surface area contributed by atoms with Gasteiger partial charge < -0.3 is 0 Å². The van der Waals surface area contributed by atoms with Crippen molar-refractivity contribution in [2.24, 2.45) is 0 Å². The molecule has 0 nitrogen and oxygen atoms in total. The Kier molecular flexibility index (Phi) is 4.28. The van der Waals surface area contributed by atoms with Gasteiger partial charge in [0.2, 0.25) is 0 Å². The van der Waals surface area contributed by atoms with Gasteiger partial charge in [-0.3, -0.25) is 0 Å². The minimum absolute atomic E-state index is 0.300. The lowest BCUT2D eigenvalue weighted by atomic mass is 9.76. The summed E-state index contributed by atoms with van der Waals surface area (Å²) in [6.07, 6.45) is 7.40. The summed E-state index contributed by atoms with van der Waals surface area (Å²) >= 11 is 5.26. The zero-order valence-corrected chi connectivity index (χ0v) is 18.1. The lowest BCUT2D eigenvalue weighted by Gasteiger charge is -2.30. The second-order valence-corrected chi connectivity index (χ2v) is 9.09. The highest BCUT2D eigenvalue weighted by Gasteiger charge is 2.47. The van der Waals surface area contributed by atoms with E-state index >= 15 is 0 Å². The number of benzene rings is 2. The summed E-state index contributed by atoms with van der Waals surface area (Å²) in [5.74, 6) is 0. The molecule has 0 bridgehead atoms. The van der Waals surface area contributed by atoms with Gasteiger partial charge in [0.05, 0.1) is 0 Å². The van der Waals surface area contributed by atoms with E-state index in [2.05, 4.69) is 83.3 Å². The maximum Gasteiger partial charge on any atom is 0.0235 e. The third kappa shape index (κ3) is 2.26. The fourth-order valence-corrected chi connectivity index (χ4v) is 7.61. The van der Waals surface area contributed by atoms with Gasteiger partial charge in [0.25, 0.3) is 0 Å². The molecule has 0 unspecified atom stereocenters. The maximum absolute atomic E-state index is 2.63. The number of fused-ring (bicyclic) bond motifs is 4. The lowest BCUT2D eigenvalue weighted by Crippen LogP contribution is -2.24. The molecule has 0 saturated heterocycles. The van der Waals surface area contributed by atoms with Crippen LogP contribution in [0, 0.1) is 7.14 Å². The largest absolute Gasteiger partial charge is 0.0613 e. The van der Waals surface area contributed by atoms with Crippen LogP contribution in [0.25, 0.3) is 0 Å². The molecule has 0 aromatic heterocycles. The minimum atomic E-state index is 0.300. The number of hydrogen-bond donors (Lipinski definition) is 0. The van der Waals surface area contributed by atoms with Gasteiger partial charge in [-0.25, -0.2) is 0 Å². The highest BCUT2D eigenvalue weighted by molar-refractivity contribution is 14.1. The summed E-state index contributed by atoms with van der Waals surface area (Å²) in [7, 11) is 0. The van der Waals surface area contributed by atoms with E-state index in [0.29, 0.717) is 5.41 Å². The first-order valence-electron chi connectivity index (χ1n) is 8.73. The molecular weight excluding hydrogens is 506 g/mol. The van der Waals surface area contributed by atoms with Crippen molar-refractivity contribution in [3.8, 4) is 0 Å². The van der Waals surface area contributed by atoms with Crippen LogP contribution in [0.2, 0.25) is 0 Å². The van der Waals surface area contributed by atoms with E-state index in [1.54, 1.807) is 29.4 Å². The summed E-state index contributed by atoms with van der Waals surface area (Å²) in [4.78, 5) is 0. The van der Waals surface area contributed by atoms with Crippen LogP contribution in [0.3, 0.4) is 0 Å². The molecule has 0 heterocycles. The molecule has 120 valence electrons. The van der Waals surface area contributed by atoms with Crippen molar-refractivity contribution in [2.75, 3.05) is 0 Å². The second kappa shape index (κ2) is 6.01. The van der Waals surface area contributed by atoms with Crippen molar-refractivity contribution in [3.05, 3.63) is 64.8 Å². The second-order valence-electron chi connectivity index (χ2n) is 6.93. The molecule has 0 fully saturated rings. The summed E-state index contributed by atoms with van der Waals surface area (Å²) < 4.78 is 3.09. The minimum Gasteiger partial charge on any atom is -0.0613 e. The molecule has 4 rings (SSSR count). The fraction of sp³-hybridized carbons (Fsp3) is 0.429. The van der Waals surface area contributed by atoms with E-state index in [9.17, 15) is 0 Å². The summed E-state index contributed by atoms with van der Waals surface area (Å²) in [5.41, 5.74) is 9.94. The van der Waals surface area contributed by atoms with Crippen LogP contribution in [0.5, 0.6) is 0 Å². The predicted octanol–water partition coefficient (Wildman–Crippen LogP) is 6.20. The van der Waals surface area contributed by atoms with Crippen molar-refractivity contribution in [2.45, 2.75) is 57.8 Å². The Balaban J connectivity index is 2.00. The molecule has 0 aliphatic heterocycles. The Hall–Kier alpha value is -0.100. The highest BCUT2D eigenvalue weighted by Crippen LogP contribution is 2.55. The van der Waals surface area contributed by atoms with E-state index in [0.717, 1.165) is 12.8 Å². The molecule has 0 amide bonds. The van der Waals surface area contributed by atoms with Crippen molar-refractivity contribution in [3.63, 3.8) is 0 Å². The van der Waals surface area contributed by atoms with Gasteiger partial charge in [0.1, 0.15) is 0 Å². The van der Waals surface area contributed by atoms with Crippen LogP contribution in [-0.4, -0.2) is 0 Å². The third-order valence-electron chi connectivity index (χ3n) is 5.98. The van der Waals surface area contributed by atoms with Crippen molar-refractivity contribution < 1.29 is 0 Å². The highest BCUT2D eigenvalue weighted by atomic mass is 127. The molecular formula is C21H22I2. The zero-order chi connectivity index (χ0) is 16.2. The zero-order valence-electron chi connectivity index (χ0n) is 13.8. The van der Waals surface area contributed by atoms with E-state index < -0.39 is 0 Å². The van der Waals surface area contributed by atoms with Gasteiger partial charge in [-0.2, -0.15) is 0 Å². The Morgan fingerprint density at radius 2 is 1.22 bits per heavy atom. The molecule has 0 atom stereocenters. The Bertz CT molecular complexity index is 721. The lowest BCUT2D eigenvalue weighted by molar-refractivity contribution is 0.502. The van der Waals surface area contributed by atoms with Crippen LogP contribution in [0.4, 0.5) is 0 Å². The maximum atomic E-state index is 2.63. The Labute approximate surface area is 166 Å². The molecule has 2 aliphatic carbocycles.